The van der Waals surface area contributed by atoms with Gasteiger partial charge in [-0.2, -0.15) is 11.3 Å². The lowest BCUT2D eigenvalue weighted by atomic mass is 10.0. The molecule has 4 aromatic heterocycles. The third-order valence-corrected chi connectivity index (χ3v) is 5.68. The molecule has 7 heteroatoms. The van der Waals surface area contributed by atoms with E-state index in [1.165, 1.54) is 6.26 Å². The summed E-state index contributed by atoms with van der Waals surface area (Å²) in [5, 5.41) is 11.4. The monoisotopic (exact) mass is 395 g/mol. The van der Waals surface area contributed by atoms with E-state index in [1.54, 1.807) is 41.0 Å². The van der Waals surface area contributed by atoms with E-state index in [0.717, 1.165) is 26.8 Å². The Morgan fingerprint density at radius 2 is 2.15 bits per heavy atom. The van der Waals surface area contributed by atoms with Crippen molar-refractivity contribution in [2.45, 2.75) is 13.0 Å². The van der Waals surface area contributed by atoms with Crippen LogP contribution in [0.15, 0.2) is 70.1 Å². The fourth-order valence-electron chi connectivity index (χ4n) is 2.79. The number of nitrogens with one attached hydrogen (secondary N) is 2. The summed E-state index contributed by atoms with van der Waals surface area (Å²) < 4.78 is 5.21. The van der Waals surface area contributed by atoms with E-state index in [1.807, 2.05) is 30.5 Å². The highest BCUT2D eigenvalue weighted by Gasteiger charge is 2.23. The predicted molar refractivity (Wildman–Crippen MR) is 110 cm³/mol. The van der Waals surface area contributed by atoms with Gasteiger partial charge in [-0.15, -0.1) is 11.3 Å². The highest BCUT2D eigenvalue weighted by atomic mass is 32.1. The van der Waals surface area contributed by atoms with Gasteiger partial charge in [-0.1, -0.05) is 6.07 Å². The molecule has 4 rings (SSSR count). The largest absolute Gasteiger partial charge is 0.459 e. The maximum Gasteiger partial charge on any atom is 0.291 e. The Hall–Kier alpha value is -2.90. The van der Waals surface area contributed by atoms with Crippen molar-refractivity contribution in [1.29, 1.82) is 0 Å². The molecule has 0 fully saturated rings. The van der Waals surface area contributed by atoms with Crippen molar-refractivity contribution in [3.8, 4) is 0 Å². The second kappa shape index (κ2) is 7.77. The van der Waals surface area contributed by atoms with Gasteiger partial charge in [0.05, 0.1) is 12.3 Å². The molecule has 0 saturated carbocycles. The first-order valence-electron chi connectivity index (χ1n) is 8.35. The first-order valence-corrected chi connectivity index (χ1v) is 10.1. The van der Waals surface area contributed by atoms with E-state index in [-0.39, 0.29) is 17.7 Å². The number of furan rings is 1. The van der Waals surface area contributed by atoms with Gasteiger partial charge in [-0.25, -0.2) is 4.98 Å². The molecule has 0 radical (unpaired) electrons. The van der Waals surface area contributed by atoms with Gasteiger partial charge in [0.25, 0.3) is 5.91 Å². The van der Waals surface area contributed by atoms with Gasteiger partial charge in [0, 0.05) is 16.6 Å². The number of aryl methyl sites for hydroxylation is 1. The molecule has 0 aliphatic carbocycles. The van der Waals surface area contributed by atoms with E-state index >= 15 is 0 Å². The van der Waals surface area contributed by atoms with E-state index in [4.69, 9.17) is 4.42 Å². The number of carbonyl (C=O) groups is 1. The van der Waals surface area contributed by atoms with Crippen LogP contribution in [0.1, 0.15) is 32.6 Å². The van der Waals surface area contributed by atoms with Gasteiger partial charge < -0.3 is 15.1 Å². The van der Waals surface area contributed by atoms with Crippen molar-refractivity contribution in [3.63, 3.8) is 0 Å². The van der Waals surface area contributed by atoms with Crippen LogP contribution >= 0.6 is 22.7 Å². The van der Waals surface area contributed by atoms with Crippen LogP contribution in [-0.2, 0) is 0 Å². The van der Waals surface area contributed by atoms with Gasteiger partial charge in [0.1, 0.15) is 10.8 Å². The Balaban J connectivity index is 1.69. The lowest BCUT2D eigenvalue weighted by Crippen LogP contribution is -2.16. The molecular weight excluding hydrogens is 378 g/mol. The van der Waals surface area contributed by atoms with Crippen molar-refractivity contribution in [2.75, 3.05) is 10.6 Å². The minimum absolute atomic E-state index is 0.122. The fraction of sp³-hybridized carbons (Fsp3) is 0.100. The molecule has 1 amide bonds. The third kappa shape index (κ3) is 3.94. The van der Waals surface area contributed by atoms with Crippen LogP contribution in [0.4, 0.5) is 10.8 Å². The number of hydrogen-bond donors (Lipinski definition) is 2. The number of anilines is 2. The molecular formula is C20H17N3O2S2. The molecule has 0 aromatic carbocycles. The van der Waals surface area contributed by atoms with Crippen molar-refractivity contribution in [3.05, 3.63) is 87.4 Å². The summed E-state index contributed by atoms with van der Waals surface area (Å²) in [6.07, 6.45) is 3.25. The molecule has 0 spiro atoms. The molecule has 4 heterocycles. The van der Waals surface area contributed by atoms with Crippen molar-refractivity contribution in [2.24, 2.45) is 0 Å². The molecule has 0 saturated heterocycles. The van der Waals surface area contributed by atoms with Gasteiger partial charge in [0.15, 0.2) is 5.76 Å². The Labute approximate surface area is 164 Å². The van der Waals surface area contributed by atoms with E-state index < -0.39 is 0 Å². The van der Waals surface area contributed by atoms with Crippen molar-refractivity contribution in [1.82, 2.24) is 4.98 Å². The standard InChI is InChI=1S/C20H17N3O2S2/c1-13-11-15(20(27-13)23-19(24)16-5-4-9-25-16)18(14-7-10-26-12-14)22-17-6-2-3-8-21-17/h2-12,18H,1H3,(H,21,22)(H,23,24)/t18-/m1/s1. The molecule has 0 aliphatic rings. The second-order valence-corrected chi connectivity index (χ2v) is 7.96. The maximum atomic E-state index is 12.5. The first-order chi connectivity index (χ1) is 13.2. The summed E-state index contributed by atoms with van der Waals surface area (Å²) in [5.41, 5.74) is 2.12. The Morgan fingerprint density at radius 3 is 2.85 bits per heavy atom. The molecule has 5 nitrogen and oxygen atoms in total. The summed E-state index contributed by atoms with van der Waals surface area (Å²) in [7, 11) is 0. The van der Waals surface area contributed by atoms with Crippen LogP contribution in [0.2, 0.25) is 0 Å². The summed E-state index contributed by atoms with van der Waals surface area (Å²) >= 11 is 3.18. The zero-order valence-corrected chi connectivity index (χ0v) is 16.1. The summed E-state index contributed by atoms with van der Waals surface area (Å²) in [4.78, 5) is 18.0. The van der Waals surface area contributed by atoms with Crippen molar-refractivity contribution < 1.29 is 9.21 Å². The average molecular weight is 396 g/mol. The minimum Gasteiger partial charge on any atom is -0.459 e. The van der Waals surface area contributed by atoms with E-state index in [9.17, 15) is 4.79 Å². The van der Waals surface area contributed by atoms with Crippen LogP contribution in [0, 0.1) is 6.92 Å². The quantitative estimate of drug-likeness (QED) is 0.448. The molecule has 4 aromatic rings. The number of hydrogen-bond acceptors (Lipinski definition) is 6. The van der Waals surface area contributed by atoms with Gasteiger partial charge in [0.2, 0.25) is 0 Å². The molecule has 0 bridgehead atoms. The van der Waals surface area contributed by atoms with Crippen molar-refractivity contribution >= 4 is 39.4 Å². The maximum absolute atomic E-state index is 12.5. The minimum atomic E-state index is -0.259. The molecule has 2 N–H and O–H groups in total. The van der Waals surface area contributed by atoms with Crippen LogP contribution in [0.3, 0.4) is 0 Å². The number of rotatable bonds is 6. The summed E-state index contributed by atoms with van der Waals surface area (Å²) in [6, 6.07) is 13.2. The number of carbonyl (C=O) groups excluding carboxylic acids is 1. The van der Waals surface area contributed by atoms with E-state index in [2.05, 4.69) is 33.1 Å². The molecule has 0 unspecified atom stereocenters. The predicted octanol–water partition coefficient (Wildman–Crippen LogP) is 5.56. The topological polar surface area (TPSA) is 67.2 Å². The normalized spacial score (nSPS) is 11.9. The van der Waals surface area contributed by atoms with Crippen LogP contribution < -0.4 is 10.6 Å². The first kappa shape index (κ1) is 17.5. The second-order valence-electron chi connectivity index (χ2n) is 5.92. The zero-order chi connectivity index (χ0) is 18.6. The SMILES string of the molecule is Cc1cc([C@H](Nc2ccccn2)c2ccsc2)c(NC(=O)c2ccco2)s1. The number of thiophene rings is 2. The molecule has 1 atom stereocenters. The molecule has 0 aliphatic heterocycles. The van der Waals surface area contributed by atoms with Gasteiger partial charge in [-0.3, -0.25) is 4.79 Å². The third-order valence-electron chi connectivity index (χ3n) is 4.00. The lowest BCUT2D eigenvalue weighted by molar-refractivity contribution is 0.0997. The Kier molecular flexibility index (Phi) is 5.04. The van der Waals surface area contributed by atoms with Crippen LogP contribution in [0.5, 0.6) is 0 Å². The van der Waals surface area contributed by atoms with Gasteiger partial charge in [-0.05, 0) is 59.6 Å². The van der Waals surface area contributed by atoms with Crippen LogP contribution in [0.25, 0.3) is 0 Å². The van der Waals surface area contributed by atoms with Crippen LogP contribution in [-0.4, -0.2) is 10.9 Å². The highest BCUT2D eigenvalue weighted by molar-refractivity contribution is 7.16. The number of nitrogens with zero attached hydrogens (tertiary/aromatic N) is 1. The van der Waals surface area contributed by atoms with E-state index in [0.29, 0.717) is 0 Å². The summed E-state index contributed by atoms with van der Waals surface area (Å²) in [6.45, 7) is 2.03. The van der Waals surface area contributed by atoms with Gasteiger partial charge >= 0.3 is 0 Å². The zero-order valence-electron chi connectivity index (χ0n) is 14.5. The molecule has 27 heavy (non-hydrogen) atoms. The number of pyridine rings is 1. The Bertz CT molecular complexity index is 1010. The fourth-order valence-corrected chi connectivity index (χ4v) is 4.43. The smallest absolute Gasteiger partial charge is 0.291 e. The highest BCUT2D eigenvalue weighted by Crippen LogP contribution is 2.38. The lowest BCUT2D eigenvalue weighted by Gasteiger charge is -2.19. The molecule has 136 valence electrons. The Morgan fingerprint density at radius 1 is 1.22 bits per heavy atom. The average Bonchev–Trinajstić information content (AvgIpc) is 3.43. The summed E-state index contributed by atoms with van der Waals surface area (Å²) in [5.74, 6) is 0.808. The number of amides is 1. The number of aromatic nitrogens is 1.